The Bertz CT molecular complexity index is 620. The van der Waals surface area contributed by atoms with E-state index in [2.05, 4.69) is 0 Å². The van der Waals surface area contributed by atoms with Gasteiger partial charge in [0.15, 0.2) is 5.78 Å². The van der Waals surface area contributed by atoms with E-state index in [1.54, 1.807) is 18.2 Å². The van der Waals surface area contributed by atoms with Crippen LogP contribution in [-0.4, -0.2) is 15.7 Å². The fourth-order valence-corrected chi connectivity index (χ4v) is 2.66. The average molecular weight is 276 g/mol. The summed E-state index contributed by atoms with van der Waals surface area (Å²) >= 11 is 0. The molecule has 2 rings (SSSR count). The summed E-state index contributed by atoms with van der Waals surface area (Å²) in [5.41, 5.74) is 1.05. The maximum absolute atomic E-state index is 13.4. The number of hydrogen-bond donors (Lipinski definition) is 0. The number of hydrogen-bond acceptors (Lipinski definition) is 2. The number of halogens is 1. The SMILES string of the molecule is Cc1ccc(S(=O)CC(=O)c2ccccc2F)cc1. The molecule has 0 aromatic heterocycles. The molecule has 19 heavy (non-hydrogen) atoms. The van der Waals surface area contributed by atoms with Crippen LogP contribution in [0.4, 0.5) is 4.39 Å². The van der Waals surface area contributed by atoms with Crippen molar-refractivity contribution in [2.75, 3.05) is 5.75 Å². The van der Waals surface area contributed by atoms with Gasteiger partial charge in [-0.3, -0.25) is 9.00 Å². The maximum atomic E-state index is 13.4. The van der Waals surface area contributed by atoms with E-state index in [4.69, 9.17) is 0 Å². The molecule has 0 N–H and O–H groups in total. The second-order valence-corrected chi connectivity index (χ2v) is 5.66. The van der Waals surface area contributed by atoms with Crippen LogP contribution in [0, 0.1) is 12.7 Å². The number of carbonyl (C=O) groups excluding carboxylic acids is 1. The number of ketones is 1. The van der Waals surface area contributed by atoms with Crippen molar-refractivity contribution in [1.82, 2.24) is 0 Å². The van der Waals surface area contributed by atoms with Crippen LogP contribution in [-0.2, 0) is 10.8 Å². The second kappa shape index (κ2) is 5.89. The largest absolute Gasteiger partial charge is 0.293 e. The van der Waals surface area contributed by atoms with Gasteiger partial charge in [-0.25, -0.2) is 4.39 Å². The number of benzene rings is 2. The first-order valence-electron chi connectivity index (χ1n) is 5.80. The summed E-state index contributed by atoms with van der Waals surface area (Å²) in [5.74, 6) is -1.23. The van der Waals surface area contributed by atoms with Gasteiger partial charge in [0.1, 0.15) is 5.82 Å². The standard InChI is InChI=1S/C15H13FO2S/c1-11-6-8-12(9-7-11)19(18)10-15(17)13-4-2-3-5-14(13)16/h2-9H,10H2,1H3. The maximum Gasteiger partial charge on any atom is 0.178 e. The van der Waals surface area contributed by atoms with Gasteiger partial charge in [-0.1, -0.05) is 29.8 Å². The Balaban J connectivity index is 2.13. The summed E-state index contributed by atoms with van der Waals surface area (Å²) in [4.78, 5) is 12.5. The third-order valence-electron chi connectivity index (χ3n) is 2.72. The van der Waals surface area contributed by atoms with Gasteiger partial charge in [-0.15, -0.1) is 0 Å². The van der Waals surface area contributed by atoms with Crippen molar-refractivity contribution in [2.45, 2.75) is 11.8 Å². The molecule has 1 atom stereocenters. The summed E-state index contributed by atoms with van der Waals surface area (Å²) in [5, 5.41) is 0. The minimum atomic E-state index is -1.45. The lowest BCUT2D eigenvalue weighted by molar-refractivity contribution is 0.101. The fourth-order valence-electron chi connectivity index (χ4n) is 1.66. The van der Waals surface area contributed by atoms with Crippen molar-refractivity contribution < 1.29 is 13.4 Å². The van der Waals surface area contributed by atoms with Crippen molar-refractivity contribution in [2.24, 2.45) is 0 Å². The van der Waals surface area contributed by atoms with Crippen LogP contribution in [0.3, 0.4) is 0 Å². The Kier molecular flexibility index (Phi) is 4.22. The Hall–Kier alpha value is -1.81. The van der Waals surface area contributed by atoms with Crippen LogP contribution in [0.15, 0.2) is 53.4 Å². The quantitative estimate of drug-likeness (QED) is 0.804. The van der Waals surface area contributed by atoms with Crippen molar-refractivity contribution in [3.05, 3.63) is 65.5 Å². The molecule has 0 saturated carbocycles. The monoisotopic (exact) mass is 276 g/mol. The van der Waals surface area contributed by atoms with Crippen LogP contribution >= 0.6 is 0 Å². The first-order valence-corrected chi connectivity index (χ1v) is 7.12. The highest BCUT2D eigenvalue weighted by Gasteiger charge is 2.15. The zero-order chi connectivity index (χ0) is 13.8. The molecule has 2 aromatic carbocycles. The zero-order valence-electron chi connectivity index (χ0n) is 10.4. The Morgan fingerprint density at radius 2 is 1.74 bits per heavy atom. The number of carbonyl (C=O) groups is 1. The Labute approximate surface area is 113 Å². The molecule has 98 valence electrons. The van der Waals surface area contributed by atoms with Crippen molar-refractivity contribution >= 4 is 16.6 Å². The number of Topliss-reactive ketones (excluding diaryl/α,β-unsaturated/α-hetero) is 1. The number of rotatable bonds is 4. The van der Waals surface area contributed by atoms with Gasteiger partial charge < -0.3 is 0 Å². The highest BCUT2D eigenvalue weighted by atomic mass is 32.2. The topological polar surface area (TPSA) is 34.1 Å². The molecule has 0 aliphatic heterocycles. The molecule has 0 heterocycles. The predicted molar refractivity (Wildman–Crippen MR) is 73.2 cm³/mol. The van der Waals surface area contributed by atoms with Gasteiger partial charge in [0.25, 0.3) is 0 Å². The van der Waals surface area contributed by atoms with E-state index in [-0.39, 0.29) is 11.3 Å². The first kappa shape index (κ1) is 13.6. The molecule has 0 amide bonds. The molecule has 0 bridgehead atoms. The minimum Gasteiger partial charge on any atom is -0.293 e. The summed E-state index contributed by atoms with van der Waals surface area (Å²) in [7, 11) is -1.45. The van der Waals surface area contributed by atoms with E-state index >= 15 is 0 Å². The smallest absolute Gasteiger partial charge is 0.178 e. The van der Waals surface area contributed by atoms with Crippen LogP contribution in [0.5, 0.6) is 0 Å². The van der Waals surface area contributed by atoms with Crippen LogP contribution in [0.2, 0.25) is 0 Å². The second-order valence-electron chi connectivity index (χ2n) is 4.21. The molecule has 4 heteroatoms. The molecule has 0 spiro atoms. The molecule has 2 nitrogen and oxygen atoms in total. The van der Waals surface area contributed by atoms with Crippen LogP contribution < -0.4 is 0 Å². The number of aryl methyl sites for hydroxylation is 1. The van der Waals surface area contributed by atoms with Gasteiger partial charge >= 0.3 is 0 Å². The van der Waals surface area contributed by atoms with E-state index in [1.165, 1.54) is 18.2 Å². The molecule has 0 saturated heterocycles. The molecule has 0 radical (unpaired) electrons. The van der Waals surface area contributed by atoms with Gasteiger partial charge in [0.2, 0.25) is 0 Å². The zero-order valence-corrected chi connectivity index (χ0v) is 11.2. The Morgan fingerprint density at radius 1 is 1.11 bits per heavy atom. The van der Waals surface area contributed by atoms with E-state index in [9.17, 15) is 13.4 Å². The van der Waals surface area contributed by atoms with Crippen molar-refractivity contribution in [3.63, 3.8) is 0 Å². The summed E-state index contributed by atoms with van der Waals surface area (Å²) in [6.07, 6.45) is 0. The first-order chi connectivity index (χ1) is 9.08. The Morgan fingerprint density at radius 3 is 2.37 bits per heavy atom. The summed E-state index contributed by atoms with van der Waals surface area (Å²) in [6, 6.07) is 12.8. The van der Waals surface area contributed by atoms with E-state index in [1.807, 2.05) is 19.1 Å². The van der Waals surface area contributed by atoms with E-state index in [0.717, 1.165) is 5.56 Å². The third kappa shape index (κ3) is 3.35. The highest BCUT2D eigenvalue weighted by molar-refractivity contribution is 7.85. The fraction of sp³-hybridized carbons (Fsp3) is 0.133. The third-order valence-corrected chi connectivity index (χ3v) is 4.04. The average Bonchev–Trinajstić information content (AvgIpc) is 2.39. The molecule has 0 aliphatic rings. The van der Waals surface area contributed by atoms with Gasteiger partial charge in [-0.05, 0) is 31.2 Å². The molecule has 0 aliphatic carbocycles. The normalized spacial score (nSPS) is 12.1. The van der Waals surface area contributed by atoms with E-state index < -0.39 is 22.4 Å². The molecular formula is C15H13FO2S. The van der Waals surface area contributed by atoms with Gasteiger partial charge in [0, 0.05) is 4.90 Å². The summed E-state index contributed by atoms with van der Waals surface area (Å²) < 4.78 is 25.4. The lowest BCUT2D eigenvalue weighted by Gasteiger charge is -2.03. The van der Waals surface area contributed by atoms with Gasteiger partial charge in [0.05, 0.1) is 22.1 Å². The predicted octanol–water partition coefficient (Wildman–Crippen LogP) is 3.12. The molecular weight excluding hydrogens is 263 g/mol. The van der Waals surface area contributed by atoms with Crippen LogP contribution in [0.1, 0.15) is 15.9 Å². The lowest BCUT2D eigenvalue weighted by atomic mass is 10.1. The highest BCUT2D eigenvalue weighted by Crippen LogP contribution is 2.12. The van der Waals surface area contributed by atoms with Crippen molar-refractivity contribution in [1.29, 1.82) is 0 Å². The van der Waals surface area contributed by atoms with Gasteiger partial charge in [-0.2, -0.15) is 0 Å². The van der Waals surface area contributed by atoms with Crippen molar-refractivity contribution in [3.8, 4) is 0 Å². The van der Waals surface area contributed by atoms with Crippen LogP contribution in [0.25, 0.3) is 0 Å². The molecule has 1 unspecified atom stereocenters. The minimum absolute atomic E-state index is 0.0111. The summed E-state index contributed by atoms with van der Waals surface area (Å²) in [6.45, 7) is 1.93. The lowest BCUT2D eigenvalue weighted by Crippen LogP contribution is -2.12. The molecule has 0 fully saturated rings. The molecule has 2 aromatic rings. The van der Waals surface area contributed by atoms with E-state index in [0.29, 0.717) is 4.90 Å².